The lowest BCUT2D eigenvalue weighted by atomic mass is 10.1. The molecule has 14 heavy (non-hydrogen) atoms. The average molecular weight is 197 g/mol. The van der Waals surface area contributed by atoms with Crippen molar-refractivity contribution in [3.8, 4) is 0 Å². The molecule has 0 atom stereocenters. The molecule has 0 spiro atoms. The third kappa shape index (κ3) is 1.09. The van der Waals surface area contributed by atoms with Crippen LogP contribution < -0.4 is 0 Å². The molecule has 1 N–H and O–H groups in total. The van der Waals surface area contributed by atoms with Crippen molar-refractivity contribution in [3.63, 3.8) is 0 Å². The molecule has 0 fully saturated rings. The van der Waals surface area contributed by atoms with E-state index in [0.717, 1.165) is 6.07 Å². The van der Waals surface area contributed by atoms with Gasteiger partial charge in [-0.3, -0.25) is 4.79 Å². The second-order valence-electron chi connectivity index (χ2n) is 2.97. The monoisotopic (exact) mass is 197 g/mol. The smallest absolute Gasteiger partial charge is 0.214 e. The Labute approximate surface area is 77.7 Å². The van der Waals surface area contributed by atoms with Crippen LogP contribution in [0.25, 0.3) is 0 Å². The fourth-order valence-corrected chi connectivity index (χ4v) is 1.51. The molecule has 3 nitrogen and oxygen atoms in total. The summed E-state index contributed by atoms with van der Waals surface area (Å²) in [6, 6.07) is 1.70. The van der Waals surface area contributed by atoms with Crippen LogP contribution >= 0.6 is 0 Å². The van der Waals surface area contributed by atoms with Crippen molar-refractivity contribution < 1.29 is 18.8 Å². The second-order valence-corrected chi connectivity index (χ2v) is 2.97. The van der Waals surface area contributed by atoms with Crippen LogP contribution in [0.3, 0.4) is 0 Å². The Kier molecular flexibility index (Phi) is 1.80. The highest BCUT2D eigenvalue weighted by Gasteiger charge is 2.30. The fourth-order valence-electron chi connectivity index (χ4n) is 1.51. The van der Waals surface area contributed by atoms with Gasteiger partial charge < -0.3 is 5.21 Å². The standard InChI is InChI=1S/C9H5F2NO2/c10-5-1-4-2-7(12-14)9(13)8(4)6(11)3-5/h1,3,14H,2H2/b12-7+. The molecule has 1 aromatic carbocycles. The maximum atomic E-state index is 13.1. The predicted molar refractivity (Wildman–Crippen MR) is 43.6 cm³/mol. The average Bonchev–Trinajstić information content (AvgIpc) is 2.42. The van der Waals surface area contributed by atoms with E-state index in [1.807, 2.05) is 0 Å². The van der Waals surface area contributed by atoms with Crippen molar-refractivity contribution >= 4 is 11.5 Å². The van der Waals surface area contributed by atoms with E-state index in [0.29, 0.717) is 6.07 Å². The minimum atomic E-state index is -0.913. The van der Waals surface area contributed by atoms with E-state index in [-0.39, 0.29) is 23.3 Å². The van der Waals surface area contributed by atoms with Crippen molar-refractivity contribution in [1.29, 1.82) is 0 Å². The van der Waals surface area contributed by atoms with Crippen LogP contribution in [0, 0.1) is 11.6 Å². The maximum absolute atomic E-state index is 13.1. The molecule has 0 saturated heterocycles. The molecule has 0 radical (unpaired) electrons. The van der Waals surface area contributed by atoms with E-state index in [1.54, 1.807) is 0 Å². The SMILES string of the molecule is O=C1/C(=N/O)Cc2cc(F)cc(F)c21. The number of nitrogens with zero attached hydrogens (tertiary/aromatic N) is 1. The molecule has 5 heteroatoms. The number of carbonyl (C=O) groups excluding carboxylic acids is 1. The van der Waals surface area contributed by atoms with Gasteiger partial charge in [-0.1, -0.05) is 5.16 Å². The molecule has 72 valence electrons. The van der Waals surface area contributed by atoms with E-state index in [2.05, 4.69) is 5.16 Å². The lowest BCUT2D eigenvalue weighted by molar-refractivity contribution is 0.106. The Balaban J connectivity index is 2.65. The van der Waals surface area contributed by atoms with Crippen LogP contribution in [-0.2, 0) is 6.42 Å². The number of hydrogen-bond acceptors (Lipinski definition) is 3. The summed E-state index contributed by atoms with van der Waals surface area (Å²) in [4.78, 5) is 11.3. The molecule has 2 rings (SSSR count). The number of ketones is 1. The quantitative estimate of drug-likeness (QED) is 0.506. The first-order chi connectivity index (χ1) is 6.63. The van der Waals surface area contributed by atoms with Crippen LogP contribution in [0.4, 0.5) is 8.78 Å². The zero-order chi connectivity index (χ0) is 10.3. The summed E-state index contributed by atoms with van der Waals surface area (Å²) in [5.41, 5.74) is -0.135. The van der Waals surface area contributed by atoms with E-state index >= 15 is 0 Å². The number of fused-ring (bicyclic) bond motifs is 1. The van der Waals surface area contributed by atoms with Crippen LogP contribution in [0.15, 0.2) is 17.3 Å². The first-order valence-electron chi connectivity index (χ1n) is 3.87. The predicted octanol–water partition coefficient (Wildman–Crippen LogP) is 1.53. The van der Waals surface area contributed by atoms with Gasteiger partial charge in [0.2, 0.25) is 5.78 Å². The van der Waals surface area contributed by atoms with Gasteiger partial charge in [-0.05, 0) is 11.6 Å². The van der Waals surface area contributed by atoms with Gasteiger partial charge in [-0.25, -0.2) is 8.78 Å². The van der Waals surface area contributed by atoms with Crippen LogP contribution in [0.5, 0.6) is 0 Å². The number of hydrogen-bond donors (Lipinski definition) is 1. The molecule has 1 aliphatic carbocycles. The zero-order valence-corrected chi connectivity index (χ0v) is 6.92. The van der Waals surface area contributed by atoms with Gasteiger partial charge in [0.15, 0.2) is 0 Å². The molecule has 0 aliphatic heterocycles. The van der Waals surface area contributed by atoms with Gasteiger partial charge in [0.1, 0.15) is 17.3 Å². The lowest BCUT2D eigenvalue weighted by Gasteiger charge is -1.97. The second kappa shape index (κ2) is 2.87. The fraction of sp³-hybridized carbons (Fsp3) is 0.111. The minimum Gasteiger partial charge on any atom is -0.411 e. The van der Waals surface area contributed by atoms with Crippen LogP contribution in [0.2, 0.25) is 0 Å². The summed E-state index contributed by atoms with van der Waals surface area (Å²) in [6.45, 7) is 0. The zero-order valence-electron chi connectivity index (χ0n) is 6.92. The van der Waals surface area contributed by atoms with Gasteiger partial charge in [0.05, 0.1) is 5.56 Å². The summed E-state index contributed by atoms with van der Waals surface area (Å²) in [6.07, 6.45) is -0.0284. The Morgan fingerprint density at radius 1 is 1.36 bits per heavy atom. The summed E-state index contributed by atoms with van der Waals surface area (Å²) in [5.74, 6) is -2.34. The van der Waals surface area contributed by atoms with Crippen molar-refractivity contribution in [2.24, 2.45) is 5.16 Å². The Hall–Kier alpha value is -1.78. The van der Waals surface area contributed by atoms with Crippen molar-refractivity contribution in [2.75, 3.05) is 0 Å². The Morgan fingerprint density at radius 2 is 2.07 bits per heavy atom. The summed E-state index contributed by atoms with van der Waals surface area (Å²) < 4.78 is 25.8. The summed E-state index contributed by atoms with van der Waals surface area (Å²) in [7, 11) is 0. The van der Waals surface area contributed by atoms with Gasteiger partial charge in [0, 0.05) is 12.5 Å². The third-order valence-corrected chi connectivity index (χ3v) is 2.10. The Bertz CT molecular complexity index is 454. The van der Waals surface area contributed by atoms with Crippen molar-refractivity contribution in [2.45, 2.75) is 6.42 Å². The first-order valence-corrected chi connectivity index (χ1v) is 3.87. The van der Waals surface area contributed by atoms with Gasteiger partial charge in [-0.2, -0.15) is 0 Å². The molecular formula is C9H5F2NO2. The molecule has 0 heterocycles. The van der Waals surface area contributed by atoms with Crippen LogP contribution in [-0.4, -0.2) is 16.7 Å². The Morgan fingerprint density at radius 3 is 2.71 bits per heavy atom. The van der Waals surface area contributed by atoms with Crippen molar-refractivity contribution in [1.82, 2.24) is 0 Å². The number of Topliss-reactive ketones (excluding diaryl/α,β-unsaturated/α-hetero) is 1. The molecule has 0 unspecified atom stereocenters. The molecule has 0 aromatic heterocycles. The molecule has 1 aromatic rings. The summed E-state index contributed by atoms with van der Waals surface area (Å²) >= 11 is 0. The molecule has 0 bridgehead atoms. The highest BCUT2D eigenvalue weighted by molar-refractivity contribution is 6.49. The van der Waals surface area contributed by atoms with Crippen LogP contribution in [0.1, 0.15) is 15.9 Å². The number of carbonyl (C=O) groups is 1. The number of halogens is 2. The topological polar surface area (TPSA) is 49.7 Å². The van der Waals surface area contributed by atoms with E-state index in [1.165, 1.54) is 0 Å². The van der Waals surface area contributed by atoms with Gasteiger partial charge >= 0.3 is 0 Å². The number of oxime groups is 1. The third-order valence-electron chi connectivity index (χ3n) is 2.10. The normalized spacial score (nSPS) is 17.6. The molecular weight excluding hydrogens is 192 g/mol. The molecule has 0 saturated carbocycles. The largest absolute Gasteiger partial charge is 0.411 e. The molecule has 0 amide bonds. The maximum Gasteiger partial charge on any atom is 0.214 e. The number of rotatable bonds is 0. The van der Waals surface area contributed by atoms with E-state index in [9.17, 15) is 13.6 Å². The van der Waals surface area contributed by atoms with E-state index < -0.39 is 17.4 Å². The highest BCUT2D eigenvalue weighted by atomic mass is 19.1. The minimum absolute atomic E-state index is 0.0284. The van der Waals surface area contributed by atoms with Gasteiger partial charge in [0.25, 0.3) is 0 Å². The molecule has 1 aliphatic rings. The summed E-state index contributed by atoms with van der Waals surface area (Å²) in [5, 5.41) is 11.2. The van der Waals surface area contributed by atoms with E-state index in [4.69, 9.17) is 5.21 Å². The van der Waals surface area contributed by atoms with Gasteiger partial charge in [-0.15, -0.1) is 0 Å². The highest BCUT2D eigenvalue weighted by Crippen LogP contribution is 2.24. The first kappa shape index (κ1) is 8.80. The van der Waals surface area contributed by atoms with Crippen molar-refractivity contribution in [3.05, 3.63) is 34.9 Å². The number of benzene rings is 1. The lowest BCUT2D eigenvalue weighted by Crippen LogP contribution is -2.08.